The van der Waals surface area contributed by atoms with Gasteiger partial charge in [-0.05, 0) is 18.1 Å². The molecule has 26 heavy (non-hydrogen) atoms. The summed E-state index contributed by atoms with van der Waals surface area (Å²) in [6.45, 7) is 5.92. The molecule has 2 aromatic heterocycles. The van der Waals surface area contributed by atoms with Crippen LogP contribution < -0.4 is 5.32 Å². The Kier molecular flexibility index (Phi) is 3.40. The summed E-state index contributed by atoms with van der Waals surface area (Å²) in [4.78, 5) is 37.3. The molecule has 4 rings (SSSR count). The van der Waals surface area contributed by atoms with Gasteiger partial charge in [-0.25, -0.2) is 14.8 Å². The topological polar surface area (TPSA) is 105 Å². The van der Waals surface area contributed by atoms with Crippen LogP contribution in [0.15, 0.2) is 12.3 Å². The standard InChI is InChI=1S/C18H17ClN4O3/c1-17(2,3)15-21-12(19)11-13(22-15)23-16(26)18(11)5-8-4-9(14(24)25)7-20-10(8)6-18/h4,7H,5-6H2,1-3H3,(H,24,25)(H,21,22,23,26)/t18-/m0/s1. The van der Waals surface area contributed by atoms with Crippen LogP contribution in [0.4, 0.5) is 5.82 Å². The van der Waals surface area contributed by atoms with Crippen molar-refractivity contribution < 1.29 is 14.7 Å². The molecule has 1 atom stereocenters. The monoisotopic (exact) mass is 372 g/mol. The van der Waals surface area contributed by atoms with Gasteiger partial charge in [-0.1, -0.05) is 32.4 Å². The van der Waals surface area contributed by atoms with Crippen molar-refractivity contribution in [2.24, 2.45) is 0 Å². The van der Waals surface area contributed by atoms with E-state index in [-0.39, 0.29) is 22.0 Å². The highest BCUT2D eigenvalue weighted by molar-refractivity contribution is 6.31. The van der Waals surface area contributed by atoms with E-state index in [0.717, 1.165) is 5.56 Å². The Hall–Kier alpha value is -2.54. The highest BCUT2D eigenvalue weighted by Gasteiger charge is 2.54. The van der Waals surface area contributed by atoms with Gasteiger partial charge in [-0.2, -0.15) is 0 Å². The van der Waals surface area contributed by atoms with E-state index in [0.29, 0.717) is 35.7 Å². The third-order valence-electron chi connectivity index (χ3n) is 4.95. The lowest BCUT2D eigenvalue weighted by atomic mass is 9.80. The zero-order valence-corrected chi connectivity index (χ0v) is 15.3. The van der Waals surface area contributed by atoms with Gasteiger partial charge >= 0.3 is 5.97 Å². The maximum Gasteiger partial charge on any atom is 0.337 e. The van der Waals surface area contributed by atoms with Crippen molar-refractivity contribution in [2.45, 2.75) is 44.4 Å². The van der Waals surface area contributed by atoms with Crippen LogP contribution in [0.3, 0.4) is 0 Å². The number of hydrogen-bond donors (Lipinski definition) is 2. The summed E-state index contributed by atoms with van der Waals surface area (Å²) in [5, 5.41) is 12.3. The van der Waals surface area contributed by atoms with E-state index in [1.807, 2.05) is 20.8 Å². The maximum atomic E-state index is 12.9. The van der Waals surface area contributed by atoms with Crippen molar-refractivity contribution in [3.05, 3.63) is 45.6 Å². The number of halogens is 1. The van der Waals surface area contributed by atoms with Crippen LogP contribution in [0.5, 0.6) is 0 Å². The lowest BCUT2D eigenvalue weighted by Crippen LogP contribution is -2.35. The van der Waals surface area contributed by atoms with Crippen molar-refractivity contribution in [1.29, 1.82) is 0 Å². The number of carbonyl (C=O) groups excluding carboxylic acids is 1. The second-order valence-corrected chi connectivity index (χ2v) is 8.19. The molecule has 7 nitrogen and oxygen atoms in total. The average molecular weight is 373 g/mol. The first-order chi connectivity index (χ1) is 12.1. The highest BCUT2D eigenvalue weighted by Crippen LogP contribution is 2.49. The molecule has 1 amide bonds. The average Bonchev–Trinajstić information content (AvgIpc) is 3.04. The molecule has 0 bridgehead atoms. The van der Waals surface area contributed by atoms with E-state index >= 15 is 0 Å². The summed E-state index contributed by atoms with van der Waals surface area (Å²) < 4.78 is 0. The number of hydrogen-bond acceptors (Lipinski definition) is 5. The van der Waals surface area contributed by atoms with Crippen LogP contribution in [0.25, 0.3) is 0 Å². The lowest BCUT2D eigenvalue weighted by molar-refractivity contribution is -0.120. The van der Waals surface area contributed by atoms with Crippen molar-refractivity contribution >= 4 is 29.3 Å². The number of aromatic carboxylic acids is 1. The summed E-state index contributed by atoms with van der Waals surface area (Å²) in [5.41, 5.74) is 0.875. The number of pyridine rings is 1. The van der Waals surface area contributed by atoms with Crippen LogP contribution in [0, 0.1) is 0 Å². The molecule has 8 heteroatoms. The largest absolute Gasteiger partial charge is 0.478 e. The van der Waals surface area contributed by atoms with Crippen molar-refractivity contribution in [2.75, 3.05) is 5.32 Å². The van der Waals surface area contributed by atoms with Crippen LogP contribution in [-0.2, 0) is 28.5 Å². The number of carboxylic acids is 1. The van der Waals surface area contributed by atoms with Crippen LogP contribution in [-0.4, -0.2) is 31.9 Å². The molecule has 0 radical (unpaired) electrons. The molecule has 1 aliphatic carbocycles. The van der Waals surface area contributed by atoms with E-state index in [9.17, 15) is 14.7 Å². The summed E-state index contributed by atoms with van der Waals surface area (Å²) in [5.74, 6) is -0.259. The van der Waals surface area contributed by atoms with E-state index in [4.69, 9.17) is 11.6 Å². The third kappa shape index (κ3) is 2.30. The van der Waals surface area contributed by atoms with Crippen molar-refractivity contribution in [3.63, 3.8) is 0 Å². The fraction of sp³-hybridized carbons (Fsp3) is 0.389. The van der Waals surface area contributed by atoms with Gasteiger partial charge in [0.05, 0.1) is 11.0 Å². The summed E-state index contributed by atoms with van der Waals surface area (Å²) in [6.07, 6.45) is 1.99. The van der Waals surface area contributed by atoms with Crippen molar-refractivity contribution in [1.82, 2.24) is 15.0 Å². The molecule has 3 heterocycles. The number of fused-ring (bicyclic) bond motifs is 3. The first kappa shape index (κ1) is 16.9. The zero-order valence-electron chi connectivity index (χ0n) is 14.6. The Bertz CT molecular complexity index is 983. The predicted octanol–water partition coefficient (Wildman–Crippen LogP) is 2.51. The Balaban J connectivity index is 1.83. The molecule has 0 fully saturated rings. The van der Waals surface area contributed by atoms with Gasteiger partial charge in [-0.3, -0.25) is 9.78 Å². The molecule has 0 unspecified atom stereocenters. The molecular formula is C18H17ClN4O3. The van der Waals surface area contributed by atoms with Gasteiger partial charge in [0.1, 0.15) is 16.8 Å². The number of aromatic nitrogens is 3. The smallest absolute Gasteiger partial charge is 0.337 e. The Morgan fingerprint density at radius 3 is 2.69 bits per heavy atom. The number of amides is 1. The van der Waals surface area contributed by atoms with Crippen molar-refractivity contribution in [3.8, 4) is 0 Å². The Morgan fingerprint density at radius 1 is 1.31 bits per heavy atom. The molecule has 1 aliphatic heterocycles. The van der Waals surface area contributed by atoms with Gasteiger partial charge < -0.3 is 10.4 Å². The van der Waals surface area contributed by atoms with Crippen LogP contribution in [0.1, 0.15) is 53.8 Å². The molecule has 134 valence electrons. The highest BCUT2D eigenvalue weighted by atomic mass is 35.5. The van der Waals surface area contributed by atoms with Gasteiger partial charge in [0.15, 0.2) is 0 Å². The number of rotatable bonds is 1. The van der Waals surface area contributed by atoms with Crippen LogP contribution in [0.2, 0.25) is 5.15 Å². The number of anilines is 1. The minimum Gasteiger partial charge on any atom is -0.478 e. The van der Waals surface area contributed by atoms with Gasteiger partial charge in [0.25, 0.3) is 0 Å². The number of nitrogens with one attached hydrogen (secondary N) is 1. The molecule has 2 N–H and O–H groups in total. The minimum atomic E-state index is -1.05. The van der Waals surface area contributed by atoms with E-state index < -0.39 is 11.4 Å². The fourth-order valence-corrected chi connectivity index (χ4v) is 3.95. The number of carbonyl (C=O) groups is 2. The second kappa shape index (κ2) is 5.23. The molecule has 1 spiro atoms. The first-order valence-corrected chi connectivity index (χ1v) is 8.61. The Labute approximate surface area is 154 Å². The summed E-state index contributed by atoms with van der Waals surface area (Å²) in [6, 6.07) is 1.57. The van der Waals surface area contributed by atoms with E-state index in [1.54, 1.807) is 6.07 Å². The zero-order chi connectivity index (χ0) is 18.9. The normalized spacial score (nSPS) is 20.8. The number of nitrogens with zero attached hydrogens (tertiary/aromatic N) is 3. The first-order valence-electron chi connectivity index (χ1n) is 8.23. The maximum absolute atomic E-state index is 12.9. The molecule has 0 saturated heterocycles. The SMILES string of the molecule is CC(C)(C)c1nc(Cl)c2c(n1)NC(=O)[C@]21Cc2cc(C(=O)O)cnc2C1. The molecule has 0 aromatic carbocycles. The lowest BCUT2D eigenvalue weighted by Gasteiger charge is -2.22. The Morgan fingerprint density at radius 2 is 2.04 bits per heavy atom. The summed E-state index contributed by atoms with van der Waals surface area (Å²) >= 11 is 6.48. The molecule has 2 aromatic rings. The quantitative estimate of drug-likeness (QED) is 0.745. The predicted molar refractivity (Wildman–Crippen MR) is 94.7 cm³/mol. The van der Waals surface area contributed by atoms with Crippen LogP contribution >= 0.6 is 11.6 Å². The van der Waals surface area contributed by atoms with E-state index in [1.165, 1.54) is 6.20 Å². The van der Waals surface area contributed by atoms with Gasteiger partial charge in [0, 0.05) is 29.3 Å². The third-order valence-corrected chi connectivity index (χ3v) is 5.22. The molecule has 0 saturated carbocycles. The summed E-state index contributed by atoms with van der Waals surface area (Å²) in [7, 11) is 0. The van der Waals surface area contributed by atoms with Gasteiger partial charge in [-0.15, -0.1) is 0 Å². The molecular weight excluding hydrogens is 356 g/mol. The second-order valence-electron chi connectivity index (χ2n) is 7.84. The van der Waals surface area contributed by atoms with Gasteiger partial charge in [0.2, 0.25) is 5.91 Å². The minimum absolute atomic E-state index is 0.102. The van der Waals surface area contributed by atoms with E-state index in [2.05, 4.69) is 20.3 Å². The number of carboxylic acid groups (broad SMARTS) is 1. The molecule has 2 aliphatic rings. The fourth-order valence-electron chi connectivity index (χ4n) is 3.60.